The number of benzene rings is 4. The number of amides is 1. The van der Waals surface area contributed by atoms with E-state index in [0.717, 1.165) is 16.6 Å². The largest absolute Gasteiger partial charge is 0.478 e. The van der Waals surface area contributed by atoms with Crippen molar-refractivity contribution >= 4 is 46.1 Å². The number of fused-ring (bicyclic) bond motifs is 1. The van der Waals surface area contributed by atoms with E-state index in [-0.39, 0.29) is 17.2 Å². The number of carbonyl (C=O) groups excluding carboxylic acids is 1. The Hall–Kier alpha value is -4.13. The van der Waals surface area contributed by atoms with Gasteiger partial charge in [-0.3, -0.25) is 4.79 Å². The summed E-state index contributed by atoms with van der Waals surface area (Å²) in [5.41, 5.74) is 4.29. The molecule has 0 saturated carbocycles. The van der Waals surface area contributed by atoms with Crippen molar-refractivity contribution in [1.82, 2.24) is 15.3 Å². The number of imidazole rings is 1. The minimum atomic E-state index is -1.17. The zero-order chi connectivity index (χ0) is 26.1. The van der Waals surface area contributed by atoms with Crippen molar-refractivity contribution in [3.63, 3.8) is 0 Å². The van der Waals surface area contributed by atoms with Crippen molar-refractivity contribution in [2.45, 2.75) is 13.0 Å². The lowest BCUT2D eigenvalue weighted by atomic mass is 9.93. The van der Waals surface area contributed by atoms with Gasteiger partial charge in [0.1, 0.15) is 5.82 Å². The third kappa shape index (κ3) is 4.94. The lowest BCUT2D eigenvalue weighted by Gasteiger charge is -2.17. The monoisotopic (exact) mass is 529 g/mol. The van der Waals surface area contributed by atoms with Gasteiger partial charge in [0.25, 0.3) is 5.91 Å². The van der Waals surface area contributed by atoms with Gasteiger partial charge < -0.3 is 15.4 Å². The van der Waals surface area contributed by atoms with E-state index in [9.17, 15) is 14.7 Å². The number of aromatic carboxylic acids is 1. The number of carbonyl (C=O) groups is 2. The second kappa shape index (κ2) is 10.1. The average Bonchev–Trinajstić information content (AvgIpc) is 3.32. The van der Waals surface area contributed by atoms with Crippen molar-refractivity contribution in [3.8, 4) is 22.5 Å². The van der Waals surface area contributed by atoms with Crippen LogP contribution in [0.2, 0.25) is 10.0 Å². The molecule has 5 aromatic rings. The summed E-state index contributed by atoms with van der Waals surface area (Å²) in [6, 6.07) is 24.3. The van der Waals surface area contributed by atoms with Crippen molar-refractivity contribution in [2.24, 2.45) is 0 Å². The average molecular weight is 530 g/mol. The molecule has 1 aromatic heterocycles. The fourth-order valence-electron chi connectivity index (χ4n) is 4.31. The molecule has 0 fully saturated rings. The highest BCUT2D eigenvalue weighted by Gasteiger charge is 2.21. The van der Waals surface area contributed by atoms with Gasteiger partial charge in [0.15, 0.2) is 0 Å². The van der Waals surface area contributed by atoms with Gasteiger partial charge in [0.2, 0.25) is 0 Å². The number of nitrogens with zero attached hydrogens (tertiary/aromatic N) is 1. The molecule has 0 bridgehead atoms. The predicted octanol–water partition coefficient (Wildman–Crippen LogP) is 7.39. The molecular formula is C29H21Cl2N3O3. The highest BCUT2D eigenvalue weighted by Crippen LogP contribution is 2.36. The van der Waals surface area contributed by atoms with Crippen LogP contribution in [0.3, 0.4) is 0 Å². The summed E-state index contributed by atoms with van der Waals surface area (Å²) < 4.78 is 0. The topological polar surface area (TPSA) is 95.1 Å². The van der Waals surface area contributed by atoms with Gasteiger partial charge in [-0.15, -0.1) is 0 Å². The summed E-state index contributed by atoms with van der Waals surface area (Å²) in [5.74, 6) is -0.996. The van der Waals surface area contributed by atoms with E-state index >= 15 is 0 Å². The number of hydrogen-bond acceptors (Lipinski definition) is 3. The molecule has 0 aliphatic carbocycles. The number of hydrogen-bond donors (Lipinski definition) is 3. The maximum absolute atomic E-state index is 13.0. The minimum absolute atomic E-state index is 0.0299. The van der Waals surface area contributed by atoms with Crippen LogP contribution in [0.15, 0.2) is 84.9 Å². The van der Waals surface area contributed by atoms with E-state index < -0.39 is 11.9 Å². The Bertz CT molecular complexity index is 1630. The van der Waals surface area contributed by atoms with Crippen LogP contribution in [0, 0.1) is 0 Å². The molecule has 0 saturated heterocycles. The van der Waals surface area contributed by atoms with Gasteiger partial charge in [0.05, 0.1) is 22.6 Å². The highest BCUT2D eigenvalue weighted by molar-refractivity contribution is 6.31. The van der Waals surface area contributed by atoms with Crippen LogP contribution in [0.5, 0.6) is 0 Å². The molecule has 37 heavy (non-hydrogen) atoms. The zero-order valence-corrected chi connectivity index (χ0v) is 21.1. The number of H-pyrrole nitrogens is 1. The van der Waals surface area contributed by atoms with Gasteiger partial charge in [-0.25, -0.2) is 9.78 Å². The molecule has 0 unspecified atom stereocenters. The molecule has 1 heterocycles. The first-order valence-corrected chi connectivity index (χ1v) is 12.2. The van der Waals surface area contributed by atoms with Crippen LogP contribution in [0.1, 0.15) is 39.2 Å². The Morgan fingerprint density at radius 3 is 2.38 bits per heavy atom. The lowest BCUT2D eigenvalue weighted by molar-refractivity contribution is 0.0697. The fraction of sp³-hybridized carbons (Fsp3) is 0.0690. The van der Waals surface area contributed by atoms with Gasteiger partial charge in [-0.05, 0) is 72.1 Å². The number of carboxylic acids is 1. The van der Waals surface area contributed by atoms with Crippen LogP contribution in [0.25, 0.3) is 33.5 Å². The number of halogens is 2. The molecule has 0 aliphatic rings. The molecule has 0 aliphatic heterocycles. The molecular weight excluding hydrogens is 509 g/mol. The summed E-state index contributed by atoms with van der Waals surface area (Å²) >= 11 is 12.6. The normalized spacial score (nSPS) is 11.9. The summed E-state index contributed by atoms with van der Waals surface area (Å²) in [4.78, 5) is 33.3. The minimum Gasteiger partial charge on any atom is -0.478 e. The molecule has 6 nitrogen and oxygen atoms in total. The van der Waals surface area contributed by atoms with Crippen LogP contribution in [-0.4, -0.2) is 27.0 Å². The smallest absolute Gasteiger partial charge is 0.336 e. The van der Waals surface area contributed by atoms with E-state index in [1.54, 1.807) is 36.4 Å². The van der Waals surface area contributed by atoms with E-state index in [1.165, 1.54) is 6.07 Å². The van der Waals surface area contributed by atoms with Crippen molar-refractivity contribution in [2.75, 3.05) is 0 Å². The number of carboxylic acid groups (broad SMARTS) is 1. The first-order chi connectivity index (χ1) is 17.8. The van der Waals surface area contributed by atoms with E-state index in [0.29, 0.717) is 32.6 Å². The van der Waals surface area contributed by atoms with Crippen molar-refractivity contribution in [3.05, 3.63) is 112 Å². The second-order valence-electron chi connectivity index (χ2n) is 8.57. The van der Waals surface area contributed by atoms with Gasteiger partial charge in [-0.2, -0.15) is 0 Å². The highest BCUT2D eigenvalue weighted by atomic mass is 35.5. The number of aromatic nitrogens is 2. The summed E-state index contributed by atoms with van der Waals surface area (Å²) in [6.45, 7) is 1.82. The van der Waals surface area contributed by atoms with E-state index in [4.69, 9.17) is 23.2 Å². The number of nitrogens with one attached hydrogen (secondary N) is 2. The second-order valence-corrected chi connectivity index (χ2v) is 9.42. The standard InChI is InChI=1S/C29H21Cl2N3O3/c1-16(19-6-2-3-7-24(19)31)32-28(35)17-10-12-20(23(14-17)29(36)37)22-15-18(30)11-13-21(22)27-33-25-8-4-5-9-26(25)34-27/h2-16H,1H3,(H,32,35)(H,33,34)(H,36,37)/t16-/m1/s1. The predicted molar refractivity (Wildman–Crippen MR) is 146 cm³/mol. The molecule has 5 rings (SSSR count). The quantitative estimate of drug-likeness (QED) is 0.213. The SMILES string of the molecule is C[C@@H](NC(=O)c1ccc(-c2cc(Cl)ccc2-c2nc3ccccc3[nH]2)c(C(=O)O)c1)c1ccccc1Cl. The van der Waals surface area contributed by atoms with Crippen LogP contribution in [0.4, 0.5) is 0 Å². The zero-order valence-electron chi connectivity index (χ0n) is 19.6. The summed E-state index contributed by atoms with van der Waals surface area (Å²) in [6.07, 6.45) is 0. The molecule has 0 spiro atoms. The molecule has 1 amide bonds. The molecule has 184 valence electrons. The third-order valence-electron chi connectivity index (χ3n) is 6.15. The number of para-hydroxylation sites is 2. The molecule has 1 atom stereocenters. The first kappa shape index (κ1) is 24.6. The Kier molecular flexibility index (Phi) is 6.70. The molecule has 3 N–H and O–H groups in total. The molecule has 4 aromatic carbocycles. The van der Waals surface area contributed by atoms with Crippen LogP contribution < -0.4 is 5.32 Å². The van der Waals surface area contributed by atoms with Crippen molar-refractivity contribution in [1.29, 1.82) is 0 Å². The van der Waals surface area contributed by atoms with E-state index in [1.807, 2.05) is 49.4 Å². The Morgan fingerprint density at radius 1 is 0.892 bits per heavy atom. The summed E-state index contributed by atoms with van der Waals surface area (Å²) in [7, 11) is 0. The van der Waals surface area contributed by atoms with Crippen LogP contribution in [-0.2, 0) is 0 Å². The molecule has 0 radical (unpaired) electrons. The maximum atomic E-state index is 13.0. The number of rotatable bonds is 6. The van der Waals surface area contributed by atoms with Gasteiger partial charge >= 0.3 is 5.97 Å². The molecule has 8 heteroatoms. The Balaban J connectivity index is 1.54. The third-order valence-corrected chi connectivity index (χ3v) is 6.73. The first-order valence-electron chi connectivity index (χ1n) is 11.5. The Labute approximate surface area is 222 Å². The Morgan fingerprint density at radius 2 is 1.62 bits per heavy atom. The summed E-state index contributed by atoms with van der Waals surface area (Å²) in [5, 5.41) is 13.9. The van der Waals surface area contributed by atoms with Crippen LogP contribution >= 0.6 is 23.2 Å². The number of aromatic amines is 1. The fourth-order valence-corrected chi connectivity index (χ4v) is 4.78. The van der Waals surface area contributed by atoms with Gasteiger partial charge in [0, 0.05) is 21.2 Å². The maximum Gasteiger partial charge on any atom is 0.336 e. The van der Waals surface area contributed by atoms with E-state index in [2.05, 4.69) is 15.3 Å². The van der Waals surface area contributed by atoms with Gasteiger partial charge in [-0.1, -0.05) is 59.6 Å². The lowest BCUT2D eigenvalue weighted by Crippen LogP contribution is -2.27. The van der Waals surface area contributed by atoms with Crippen molar-refractivity contribution < 1.29 is 14.7 Å².